The Hall–Kier alpha value is -2.74. The number of nitro benzene ring substituents is 1. The van der Waals surface area contributed by atoms with E-state index in [1.807, 2.05) is 24.3 Å². The van der Waals surface area contributed by atoms with Gasteiger partial charge in [-0.05, 0) is 46.5 Å². The van der Waals surface area contributed by atoms with Gasteiger partial charge in [0.25, 0.3) is 11.6 Å². The molecule has 2 aromatic rings. The van der Waals surface area contributed by atoms with Crippen LogP contribution in [0.5, 0.6) is 5.75 Å². The number of hydrogen-bond acceptors (Lipinski definition) is 5. The third-order valence-electron chi connectivity index (χ3n) is 3.61. The normalized spacial score (nSPS) is 11.1. The van der Waals surface area contributed by atoms with Crippen molar-refractivity contribution in [1.82, 2.24) is 5.43 Å². The van der Waals surface area contributed by atoms with Gasteiger partial charge >= 0.3 is 0 Å². The largest absolute Gasteiger partial charge is 0.483 e. The molecule has 0 aliphatic carbocycles. The average Bonchev–Trinajstić information content (AvgIpc) is 2.65. The topological polar surface area (TPSA) is 93.8 Å². The van der Waals surface area contributed by atoms with E-state index in [1.54, 1.807) is 6.92 Å². The number of nitro groups is 1. The van der Waals surface area contributed by atoms with Gasteiger partial charge in [-0.15, -0.1) is 0 Å². The van der Waals surface area contributed by atoms with Crippen LogP contribution in [0.1, 0.15) is 25.0 Å². The summed E-state index contributed by atoms with van der Waals surface area (Å²) in [5.41, 5.74) is 5.19. The van der Waals surface area contributed by atoms with Crippen LogP contribution in [0.3, 0.4) is 0 Å². The predicted molar refractivity (Wildman–Crippen MR) is 102 cm³/mol. The molecule has 0 unspecified atom stereocenters. The fourth-order valence-corrected chi connectivity index (χ4v) is 2.57. The van der Waals surface area contributed by atoms with Crippen molar-refractivity contribution in [2.45, 2.75) is 20.3 Å². The maximum absolute atomic E-state index is 11.9. The smallest absolute Gasteiger partial charge is 0.277 e. The Bertz CT molecular complexity index is 835. The molecule has 2 rings (SSSR count). The van der Waals surface area contributed by atoms with E-state index in [-0.39, 0.29) is 12.3 Å². The molecule has 26 heavy (non-hydrogen) atoms. The first-order chi connectivity index (χ1) is 12.4. The van der Waals surface area contributed by atoms with E-state index in [0.29, 0.717) is 15.9 Å². The van der Waals surface area contributed by atoms with Gasteiger partial charge in [-0.3, -0.25) is 14.9 Å². The van der Waals surface area contributed by atoms with Gasteiger partial charge in [0, 0.05) is 12.1 Å². The number of hydrazone groups is 1. The van der Waals surface area contributed by atoms with Crippen molar-refractivity contribution >= 4 is 33.2 Å². The molecule has 136 valence electrons. The molecule has 0 saturated carbocycles. The molecule has 0 aliphatic rings. The summed E-state index contributed by atoms with van der Waals surface area (Å²) in [5.74, 6) is -0.0959. The van der Waals surface area contributed by atoms with Gasteiger partial charge in [0.05, 0.1) is 15.1 Å². The number of benzene rings is 2. The van der Waals surface area contributed by atoms with Gasteiger partial charge in [-0.25, -0.2) is 5.43 Å². The average molecular weight is 420 g/mol. The lowest BCUT2D eigenvalue weighted by Crippen LogP contribution is -2.25. The fraction of sp³-hybridized carbons (Fsp3) is 0.222. The molecule has 1 N–H and O–H groups in total. The molecule has 8 heteroatoms. The second-order valence-corrected chi connectivity index (χ2v) is 6.30. The highest BCUT2D eigenvalue weighted by Gasteiger charge is 2.11. The molecule has 0 aromatic heterocycles. The second-order valence-electron chi connectivity index (χ2n) is 5.44. The summed E-state index contributed by atoms with van der Waals surface area (Å²) in [6.07, 6.45) is 0.961. The second kappa shape index (κ2) is 9.10. The Kier molecular flexibility index (Phi) is 6.85. The summed E-state index contributed by atoms with van der Waals surface area (Å²) in [4.78, 5) is 22.1. The maximum atomic E-state index is 11.9. The number of hydrogen-bond donors (Lipinski definition) is 1. The van der Waals surface area contributed by atoms with Crippen LogP contribution in [0.15, 0.2) is 52.0 Å². The Balaban J connectivity index is 1.91. The quantitative estimate of drug-likeness (QED) is 0.419. The first kappa shape index (κ1) is 19.6. The molecule has 1 amide bonds. The van der Waals surface area contributed by atoms with Crippen molar-refractivity contribution in [3.63, 3.8) is 0 Å². The molecule has 0 saturated heterocycles. The molecular weight excluding hydrogens is 402 g/mol. The van der Waals surface area contributed by atoms with Crippen LogP contribution in [0, 0.1) is 10.1 Å². The SMILES string of the molecule is CCc1ccc(C(C)=NNC(=O)COc2ccc([N+](=O)[O-])cc2Br)cc1. The molecule has 0 bridgehead atoms. The minimum atomic E-state index is -0.508. The standard InChI is InChI=1S/C18H18BrN3O4/c1-3-13-4-6-14(7-5-13)12(2)20-21-18(23)11-26-17-9-8-15(22(24)25)10-16(17)19/h4-10H,3,11H2,1-2H3,(H,21,23). The van der Waals surface area contributed by atoms with Crippen molar-refractivity contribution in [1.29, 1.82) is 0 Å². The molecule has 0 aliphatic heterocycles. The van der Waals surface area contributed by atoms with Crippen molar-refractivity contribution in [3.8, 4) is 5.75 Å². The molecule has 7 nitrogen and oxygen atoms in total. The van der Waals surface area contributed by atoms with E-state index >= 15 is 0 Å². The van der Waals surface area contributed by atoms with Crippen molar-refractivity contribution in [3.05, 3.63) is 68.2 Å². The lowest BCUT2D eigenvalue weighted by molar-refractivity contribution is -0.384. The predicted octanol–water partition coefficient (Wildman–Crippen LogP) is 3.84. The van der Waals surface area contributed by atoms with Gasteiger partial charge in [0.2, 0.25) is 0 Å². The van der Waals surface area contributed by atoms with Gasteiger partial charge < -0.3 is 4.74 Å². The number of carbonyl (C=O) groups excluding carboxylic acids is 1. The molecule has 0 spiro atoms. The number of ether oxygens (including phenoxy) is 1. The summed E-state index contributed by atoms with van der Waals surface area (Å²) in [6.45, 7) is 3.62. The zero-order valence-corrected chi connectivity index (χ0v) is 15.9. The Morgan fingerprint density at radius 2 is 1.96 bits per heavy atom. The number of aryl methyl sites for hydroxylation is 1. The minimum absolute atomic E-state index is 0.0667. The first-order valence-electron chi connectivity index (χ1n) is 7.90. The Labute approximate surface area is 159 Å². The number of halogens is 1. The van der Waals surface area contributed by atoms with Gasteiger partial charge in [0.1, 0.15) is 5.75 Å². The van der Waals surface area contributed by atoms with Gasteiger partial charge in [-0.1, -0.05) is 31.2 Å². The van der Waals surface area contributed by atoms with Crippen LogP contribution in [0.25, 0.3) is 0 Å². The third kappa shape index (κ3) is 5.38. The van der Waals surface area contributed by atoms with E-state index in [4.69, 9.17) is 4.74 Å². The van der Waals surface area contributed by atoms with Crippen LogP contribution in [0.2, 0.25) is 0 Å². The number of carbonyl (C=O) groups is 1. The van der Waals surface area contributed by atoms with Crippen LogP contribution >= 0.6 is 15.9 Å². The summed E-state index contributed by atoms with van der Waals surface area (Å²) in [6, 6.07) is 12.0. The lowest BCUT2D eigenvalue weighted by Gasteiger charge is -2.07. The monoisotopic (exact) mass is 419 g/mol. The molecule has 0 radical (unpaired) electrons. The highest BCUT2D eigenvalue weighted by Crippen LogP contribution is 2.28. The summed E-state index contributed by atoms with van der Waals surface area (Å²) < 4.78 is 5.75. The third-order valence-corrected chi connectivity index (χ3v) is 4.23. The highest BCUT2D eigenvalue weighted by molar-refractivity contribution is 9.10. The molecular formula is C18H18BrN3O4. The van der Waals surface area contributed by atoms with Crippen LogP contribution in [-0.4, -0.2) is 23.1 Å². The Morgan fingerprint density at radius 3 is 2.54 bits per heavy atom. The number of non-ortho nitro benzene ring substituents is 1. The molecule has 0 atom stereocenters. The number of amides is 1. The van der Waals surface area contributed by atoms with Crippen molar-refractivity contribution in [2.24, 2.45) is 5.10 Å². The van der Waals surface area contributed by atoms with Crippen LogP contribution in [0.4, 0.5) is 5.69 Å². The van der Waals surface area contributed by atoms with E-state index in [9.17, 15) is 14.9 Å². The highest BCUT2D eigenvalue weighted by atomic mass is 79.9. The van der Waals surface area contributed by atoms with Crippen LogP contribution in [-0.2, 0) is 11.2 Å². The fourth-order valence-electron chi connectivity index (χ4n) is 2.09. The van der Waals surface area contributed by atoms with E-state index < -0.39 is 10.8 Å². The van der Waals surface area contributed by atoms with Crippen LogP contribution < -0.4 is 10.2 Å². The summed E-state index contributed by atoms with van der Waals surface area (Å²) >= 11 is 3.18. The van der Waals surface area contributed by atoms with Crippen molar-refractivity contribution < 1.29 is 14.5 Å². The van der Waals surface area contributed by atoms with Crippen molar-refractivity contribution in [2.75, 3.05) is 6.61 Å². The summed E-state index contributed by atoms with van der Waals surface area (Å²) in [5, 5.41) is 14.8. The molecule has 0 fully saturated rings. The van der Waals surface area contributed by atoms with E-state index in [1.165, 1.54) is 23.8 Å². The first-order valence-corrected chi connectivity index (χ1v) is 8.69. The molecule has 0 heterocycles. The minimum Gasteiger partial charge on any atom is -0.483 e. The lowest BCUT2D eigenvalue weighted by atomic mass is 10.1. The van der Waals surface area contributed by atoms with Gasteiger partial charge in [-0.2, -0.15) is 5.10 Å². The van der Waals surface area contributed by atoms with E-state index in [2.05, 4.69) is 33.4 Å². The number of rotatable bonds is 7. The van der Waals surface area contributed by atoms with Gasteiger partial charge in [0.15, 0.2) is 6.61 Å². The number of nitrogens with one attached hydrogen (secondary N) is 1. The Morgan fingerprint density at radius 1 is 1.27 bits per heavy atom. The molecule has 2 aromatic carbocycles. The van der Waals surface area contributed by atoms with E-state index in [0.717, 1.165) is 12.0 Å². The number of nitrogens with zero attached hydrogens (tertiary/aromatic N) is 2. The zero-order valence-electron chi connectivity index (χ0n) is 14.4. The maximum Gasteiger partial charge on any atom is 0.277 e. The summed E-state index contributed by atoms with van der Waals surface area (Å²) in [7, 11) is 0. The zero-order chi connectivity index (χ0) is 19.1.